The molecule has 0 unspecified atom stereocenters. The fourth-order valence-corrected chi connectivity index (χ4v) is 2.83. The van der Waals surface area contributed by atoms with E-state index in [1.165, 1.54) is 36.6 Å². The number of aromatic nitrogens is 1. The summed E-state index contributed by atoms with van der Waals surface area (Å²) >= 11 is 0.997. The molecule has 0 radical (unpaired) electrons. The number of anilines is 2. The highest BCUT2D eigenvalue weighted by Crippen LogP contribution is 2.21. The second-order valence-corrected chi connectivity index (χ2v) is 6.94. The molecule has 1 amide bonds. The number of nitrogens with one attached hydrogen (secondary N) is 1. The fourth-order valence-electron chi connectivity index (χ4n) is 2.33. The van der Waals surface area contributed by atoms with Gasteiger partial charge in [-0.25, -0.2) is 4.98 Å². The minimum absolute atomic E-state index is 0.0708. The van der Waals surface area contributed by atoms with Gasteiger partial charge in [0.05, 0.1) is 23.7 Å². The Kier molecular flexibility index (Phi) is 4.03. The quantitative estimate of drug-likeness (QED) is 0.471. The van der Waals surface area contributed by atoms with Crippen LogP contribution in [0.25, 0.3) is 0 Å². The van der Waals surface area contributed by atoms with Crippen molar-refractivity contribution in [3.05, 3.63) is 76.2 Å². The van der Waals surface area contributed by atoms with Crippen molar-refractivity contribution in [1.29, 1.82) is 0 Å². The summed E-state index contributed by atoms with van der Waals surface area (Å²) in [6, 6.07) is 3.61. The van der Waals surface area contributed by atoms with Crippen LogP contribution in [0.15, 0.2) is 53.8 Å². The minimum Gasteiger partial charge on any atom is -0.388 e. The zero-order valence-electron chi connectivity index (χ0n) is 25.7. The van der Waals surface area contributed by atoms with Gasteiger partial charge in [-0.3, -0.25) is 4.79 Å². The van der Waals surface area contributed by atoms with Gasteiger partial charge in [-0.1, -0.05) is 48.3 Å². The summed E-state index contributed by atoms with van der Waals surface area (Å²) in [6.07, 6.45) is -9.95. The number of thiazole rings is 1. The number of hydrogen-bond acceptors (Lipinski definition) is 5. The molecular weight excluding hydrogens is 382 g/mol. The number of hydrogen-bond donors (Lipinski definition) is 3. The lowest BCUT2D eigenvalue weighted by Crippen LogP contribution is -2.14. The van der Waals surface area contributed by atoms with Gasteiger partial charge in [-0.2, -0.15) is 0 Å². The van der Waals surface area contributed by atoms with E-state index in [1.807, 2.05) is 0 Å². The molecule has 152 valence electrons. The number of carbonyl (C=O) groups is 1. The van der Waals surface area contributed by atoms with Crippen LogP contribution in [0.4, 0.5) is 10.8 Å². The number of aryl methyl sites for hydroxylation is 1. The van der Waals surface area contributed by atoms with E-state index in [0.29, 0.717) is 0 Å². The second-order valence-electron chi connectivity index (χ2n) is 6.05. The lowest BCUT2D eigenvalue weighted by Gasteiger charge is -2.11. The van der Waals surface area contributed by atoms with Crippen LogP contribution in [0, 0.1) is 6.92 Å². The topological polar surface area (TPSA) is 88.2 Å². The summed E-state index contributed by atoms with van der Waals surface area (Å²) in [5.74, 6) is -0.990. The fraction of sp³-hybridized carbons (Fsp3) is 0.304. The molecule has 0 bridgehead atoms. The van der Waals surface area contributed by atoms with Crippen molar-refractivity contribution in [3.63, 3.8) is 0 Å². The summed E-state index contributed by atoms with van der Waals surface area (Å²) < 4.78 is 81.5. The maximum Gasteiger partial charge on any atom is 0.230 e. The predicted octanol–water partition coefficient (Wildman–Crippen LogP) is 4.66. The van der Waals surface area contributed by atoms with E-state index >= 15 is 0 Å². The largest absolute Gasteiger partial charge is 0.388 e. The zero-order valence-corrected chi connectivity index (χ0v) is 16.5. The molecule has 0 aliphatic carbocycles. The number of benzene rings is 2. The van der Waals surface area contributed by atoms with E-state index in [-0.39, 0.29) is 39.7 Å². The van der Waals surface area contributed by atoms with Crippen LogP contribution >= 0.6 is 11.3 Å². The van der Waals surface area contributed by atoms with Crippen molar-refractivity contribution in [2.24, 2.45) is 0 Å². The Morgan fingerprint density at radius 3 is 2.66 bits per heavy atom. The average Bonchev–Trinajstić information content (AvgIpc) is 3.32. The first-order valence-corrected chi connectivity index (χ1v) is 9.66. The molecule has 1 heterocycles. The first kappa shape index (κ1) is 11.5. The van der Waals surface area contributed by atoms with E-state index < -0.39 is 61.6 Å². The Morgan fingerprint density at radius 2 is 2.00 bits per heavy atom. The third kappa shape index (κ3) is 6.69. The van der Waals surface area contributed by atoms with Crippen LogP contribution < -0.4 is 11.1 Å². The molecule has 6 heteroatoms. The maximum absolute atomic E-state index is 12.5. The highest BCUT2D eigenvalue weighted by molar-refractivity contribution is 7.13. The van der Waals surface area contributed by atoms with E-state index in [9.17, 15) is 9.90 Å². The number of aliphatic hydroxyl groups is 1. The van der Waals surface area contributed by atoms with Gasteiger partial charge in [0, 0.05) is 19.3 Å². The Balaban J connectivity index is 1.72. The summed E-state index contributed by atoms with van der Waals surface area (Å²) in [5.41, 5.74) is 5.30. The first-order valence-electron chi connectivity index (χ1n) is 13.8. The number of nitrogens with two attached hydrogens (primary N) is 1. The molecule has 0 aliphatic rings. The Hall–Kier alpha value is -2.70. The van der Waals surface area contributed by atoms with Crippen LogP contribution in [0.3, 0.4) is 0 Å². The Labute approximate surface area is 189 Å². The zero-order chi connectivity index (χ0) is 29.5. The molecule has 1 aromatic heterocycles. The molecular formula is C23H27N3O2S. The number of nitrogen functional groups attached to an aromatic ring is 1. The molecule has 5 nitrogen and oxygen atoms in total. The lowest BCUT2D eigenvalue weighted by atomic mass is 10.0. The minimum atomic E-state index is -2.48. The third-order valence-electron chi connectivity index (χ3n) is 3.74. The second kappa shape index (κ2) is 10.2. The van der Waals surface area contributed by atoms with Gasteiger partial charge in [0.25, 0.3) is 0 Å². The third-order valence-corrected chi connectivity index (χ3v) is 4.41. The highest BCUT2D eigenvalue weighted by Gasteiger charge is 2.08. The number of nitrogens with zero attached hydrogens (tertiary/aromatic N) is 1. The van der Waals surface area contributed by atoms with Gasteiger partial charge >= 0.3 is 0 Å². The number of aliphatic hydroxyl groups excluding tert-OH is 1. The summed E-state index contributed by atoms with van der Waals surface area (Å²) in [5, 5.41) is 14.6. The number of rotatable bonds is 9. The standard InChI is InChI=1S/C23H27N3O2S/c1-16-6-10-18(11-7-16)21(27)5-3-2-4-17-8-12-19(13-9-17)25-22(28)14-20-15-29-23(24)26-20/h6-13,15,21,27H,2-5,14H2,1H3,(H2,24,26)(H,25,28)/t21-/m0/s1/i4D2,5D2,6D,7D,10D,11D,14D2. The van der Waals surface area contributed by atoms with Crippen molar-refractivity contribution in [3.8, 4) is 0 Å². The molecule has 29 heavy (non-hydrogen) atoms. The normalized spacial score (nSPS) is 18.4. The van der Waals surface area contributed by atoms with Crippen molar-refractivity contribution in [2.75, 3.05) is 11.1 Å². The van der Waals surface area contributed by atoms with E-state index in [2.05, 4.69) is 10.3 Å². The van der Waals surface area contributed by atoms with Crippen LogP contribution in [0.1, 0.15) is 61.4 Å². The molecule has 0 aliphatic heterocycles. The van der Waals surface area contributed by atoms with Crippen LogP contribution in [-0.2, 0) is 17.5 Å². The van der Waals surface area contributed by atoms with Crippen molar-refractivity contribution >= 4 is 28.1 Å². The maximum atomic E-state index is 12.5. The SMILES string of the molecule is [2H]c1c([2H])c([C@@H](O)C([2H])([2H])CCC([2H])([2H])c2ccc(NC(=O)C([2H])([2H])c3csc(N)n3)cc2)c([2H])c([2H])c1C. The summed E-state index contributed by atoms with van der Waals surface area (Å²) in [6.45, 7) is 1.39. The van der Waals surface area contributed by atoms with Gasteiger partial charge < -0.3 is 16.2 Å². The molecule has 1 atom stereocenters. The molecule has 4 N–H and O–H groups in total. The Bertz CT molecular complexity index is 1350. The van der Waals surface area contributed by atoms with Gasteiger partial charge in [0.15, 0.2) is 5.13 Å². The van der Waals surface area contributed by atoms with Crippen molar-refractivity contribution < 1.29 is 23.6 Å². The van der Waals surface area contributed by atoms with Gasteiger partial charge in [-0.05, 0) is 49.4 Å². The molecule has 0 saturated heterocycles. The van der Waals surface area contributed by atoms with Crippen molar-refractivity contribution in [1.82, 2.24) is 4.98 Å². The van der Waals surface area contributed by atoms with Crippen molar-refractivity contribution in [2.45, 2.75) is 45.0 Å². The number of carbonyl (C=O) groups excluding carboxylic acids is 1. The van der Waals surface area contributed by atoms with E-state index in [4.69, 9.17) is 19.4 Å². The van der Waals surface area contributed by atoms with Gasteiger partial charge in [-0.15, -0.1) is 11.3 Å². The number of amides is 1. The Morgan fingerprint density at radius 1 is 1.28 bits per heavy atom. The predicted molar refractivity (Wildman–Crippen MR) is 119 cm³/mol. The average molecular weight is 420 g/mol. The lowest BCUT2D eigenvalue weighted by molar-refractivity contribution is -0.115. The summed E-state index contributed by atoms with van der Waals surface area (Å²) in [7, 11) is 0. The first-order chi connectivity index (χ1) is 17.9. The van der Waals surface area contributed by atoms with Crippen LogP contribution in [0.2, 0.25) is 0 Å². The molecule has 3 aromatic rings. The van der Waals surface area contributed by atoms with E-state index in [0.717, 1.165) is 11.3 Å². The summed E-state index contributed by atoms with van der Waals surface area (Å²) in [4.78, 5) is 16.3. The van der Waals surface area contributed by atoms with Gasteiger partial charge in [0.2, 0.25) is 5.91 Å². The molecule has 0 fully saturated rings. The van der Waals surface area contributed by atoms with Crippen LogP contribution in [-0.4, -0.2) is 16.0 Å². The molecule has 3 rings (SSSR count). The smallest absolute Gasteiger partial charge is 0.230 e. The van der Waals surface area contributed by atoms with Gasteiger partial charge in [0.1, 0.15) is 0 Å². The highest BCUT2D eigenvalue weighted by atomic mass is 32.1. The van der Waals surface area contributed by atoms with E-state index in [1.54, 1.807) is 0 Å². The molecule has 0 saturated carbocycles. The molecule has 2 aromatic carbocycles. The van der Waals surface area contributed by atoms with Crippen LogP contribution in [0.5, 0.6) is 0 Å². The monoisotopic (exact) mass is 419 g/mol. The molecule has 0 spiro atoms.